The van der Waals surface area contributed by atoms with Crippen molar-refractivity contribution >= 4 is 17.4 Å². The van der Waals surface area contributed by atoms with Crippen LogP contribution in [-0.2, 0) is 15.9 Å². The maximum absolute atomic E-state index is 13.2. The lowest BCUT2D eigenvalue weighted by atomic mass is 9.94. The second-order valence-electron chi connectivity index (χ2n) is 7.09. The number of hydrogen-bond acceptors (Lipinski definition) is 5. The zero-order chi connectivity index (χ0) is 18.7. The Hall–Kier alpha value is -2.44. The second kappa shape index (κ2) is 7.66. The molecule has 0 saturated carbocycles. The summed E-state index contributed by atoms with van der Waals surface area (Å²) in [6, 6.07) is 11.7. The molecular formula is C21H25N3O3. The molecule has 2 aromatic rings. The summed E-state index contributed by atoms with van der Waals surface area (Å²) in [5, 5.41) is 3.36. The number of nitrogens with zero attached hydrogens (tertiary/aromatic N) is 2. The van der Waals surface area contributed by atoms with Crippen molar-refractivity contribution in [2.24, 2.45) is 0 Å². The number of nitrogens with one attached hydrogen (secondary N) is 1. The largest absolute Gasteiger partial charge is 0.381 e. The van der Waals surface area contributed by atoms with Crippen molar-refractivity contribution < 1.29 is 14.3 Å². The van der Waals surface area contributed by atoms with E-state index in [0.29, 0.717) is 37.7 Å². The molecule has 0 unspecified atom stereocenters. The Morgan fingerprint density at radius 2 is 2.07 bits per heavy atom. The summed E-state index contributed by atoms with van der Waals surface area (Å²) in [5.74, 6) is 0.587. The Kier molecular flexibility index (Phi) is 5.09. The van der Waals surface area contributed by atoms with Crippen molar-refractivity contribution in [2.45, 2.75) is 24.9 Å². The van der Waals surface area contributed by atoms with Gasteiger partial charge >= 0.3 is 0 Å². The molecule has 2 aliphatic heterocycles. The Morgan fingerprint density at radius 3 is 2.89 bits per heavy atom. The number of ether oxygens (including phenoxy) is 2. The number of anilines is 2. The van der Waals surface area contributed by atoms with E-state index < -0.39 is 0 Å². The lowest BCUT2D eigenvalue weighted by Crippen LogP contribution is -2.44. The molecule has 0 spiro atoms. The van der Waals surface area contributed by atoms with Crippen LogP contribution >= 0.6 is 0 Å². The molecule has 4 rings (SSSR count). The average Bonchev–Trinajstić information content (AvgIpc) is 3.17. The predicted molar refractivity (Wildman–Crippen MR) is 104 cm³/mol. The van der Waals surface area contributed by atoms with Crippen LogP contribution in [0.25, 0.3) is 0 Å². The van der Waals surface area contributed by atoms with E-state index in [1.807, 2.05) is 29.2 Å². The molecule has 1 fully saturated rings. The fraction of sp³-hybridized carbons (Fsp3) is 0.429. The highest BCUT2D eigenvalue weighted by Crippen LogP contribution is 2.30. The summed E-state index contributed by atoms with van der Waals surface area (Å²) in [6.45, 7) is 2.68. The summed E-state index contributed by atoms with van der Waals surface area (Å²) in [6.07, 6.45) is 4.25. The first-order valence-electron chi connectivity index (χ1n) is 9.44. The van der Waals surface area contributed by atoms with Crippen LogP contribution in [-0.4, -0.2) is 49.9 Å². The molecule has 0 atom stereocenters. The Balaban J connectivity index is 1.54. The smallest absolute Gasteiger partial charge is 0.262 e. The molecule has 0 radical (unpaired) electrons. The first-order valence-corrected chi connectivity index (χ1v) is 9.44. The highest BCUT2D eigenvalue weighted by Gasteiger charge is 2.33. The third-order valence-corrected chi connectivity index (χ3v) is 5.59. The number of para-hydroxylation sites is 1. The number of hydrogen-bond donors (Lipinski definition) is 1. The zero-order valence-electron chi connectivity index (χ0n) is 15.6. The normalized spacial score (nSPS) is 18.2. The fourth-order valence-corrected chi connectivity index (χ4v) is 3.85. The molecule has 1 aromatic carbocycles. The Morgan fingerprint density at radius 1 is 1.26 bits per heavy atom. The van der Waals surface area contributed by atoms with Crippen LogP contribution in [0.5, 0.6) is 0 Å². The van der Waals surface area contributed by atoms with Gasteiger partial charge in [-0.05, 0) is 30.2 Å². The minimum Gasteiger partial charge on any atom is -0.381 e. The van der Waals surface area contributed by atoms with Gasteiger partial charge in [0, 0.05) is 58.1 Å². The molecule has 27 heavy (non-hydrogen) atoms. The van der Waals surface area contributed by atoms with E-state index in [1.54, 1.807) is 19.4 Å². The van der Waals surface area contributed by atoms with E-state index in [4.69, 9.17) is 9.47 Å². The van der Waals surface area contributed by atoms with Crippen molar-refractivity contribution in [3.63, 3.8) is 0 Å². The maximum Gasteiger partial charge on any atom is 0.262 e. The lowest BCUT2D eigenvalue weighted by Gasteiger charge is -2.36. The van der Waals surface area contributed by atoms with Crippen LogP contribution in [0.15, 0.2) is 42.6 Å². The lowest BCUT2D eigenvalue weighted by molar-refractivity contribution is -0.0807. The second-order valence-corrected chi connectivity index (χ2v) is 7.09. The minimum absolute atomic E-state index is 0.0194. The first kappa shape index (κ1) is 17.9. The van der Waals surface area contributed by atoms with Gasteiger partial charge in [0.1, 0.15) is 5.82 Å². The minimum atomic E-state index is -0.281. The van der Waals surface area contributed by atoms with Gasteiger partial charge in [0.2, 0.25) is 0 Å². The van der Waals surface area contributed by atoms with Gasteiger partial charge in [0.05, 0.1) is 11.2 Å². The number of methoxy groups -OCH3 is 1. The summed E-state index contributed by atoms with van der Waals surface area (Å²) in [7, 11) is 1.73. The van der Waals surface area contributed by atoms with Gasteiger partial charge < -0.3 is 19.7 Å². The van der Waals surface area contributed by atoms with Gasteiger partial charge in [0.15, 0.2) is 0 Å². The molecule has 1 saturated heterocycles. The van der Waals surface area contributed by atoms with Crippen molar-refractivity contribution in [2.75, 3.05) is 43.6 Å². The molecule has 2 aliphatic rings. The van der Waals surface area contributed by atoms with E-state index in [0.717, 1.165) is 24.9 Å². The van der Waals surface area contributed by atoms with Gasteiger partial charge in [-0.1, -0.05) is 18.2 Å². The molecule has 3 heterocycles. The van der Waals surface area contributed by atoms with Gasteiger partial charge in [0.25, 0.3) is 5.91 Å². The molecule has 6 heteroatoms. The number of rotatable bonds is 5. The van der Waals surface area contributed by atoms with Crippen LogP contribution in [0.1, 0.15) is 28.8 Å². The summed E-state index contributed by atoms with van der Waals surface area (Å²) in [4.78, 5) is 19.5. The molecule has 1 amide bonds. The van der Waals surface area contributed by atoms with E-state index in [9.17, 15) is 4.79 Å². The van der Waals surface area contributed by atoms with Crippen LogP contribution in [0.4, 0.5) is 11.5 Å². The molecule has 0 bridgehead atoms. The molecular weight excluding hydrogens is 342 g/mol. The van der Waals surface area contributed by atoms with Gasteiger partial charge in [-0.2, -0.15) is 0 Å². The maximum atomic E-state index is 13.2. The number of amides is 1. The van der Waals surface area contributed by atoms with E-state index in [-0.39, 0.29) is 11.5 Å². The standard InChI is InChI=1S/C21H25N3O3/c1-26-21(9-13-27-14-10-21)15-23-19-17(6-4-11-22-19)20(25)24-12-8-16-5-2-3-7-18(16)24/h2-7,11H,8-10,12-15H2,1H3,(H,22,23). The zero-order valence-corrected chi connectivity index (χ0v) is 15.6. The molecule has 6 nitrogen and oxygen atoms in total. The van der Waals surface area contributed by atoms with Crippen molar-refractivity contribution in [1.82, 2.24) is 4.98 Å². The van der Waals surface area contributed by atoms with Crippen molar-refractivity contribution in [3.05, 3.63) is 53.7 Å². The predicted octanol–water partition coefficient (Wildman–Crippen LogP) is 2.89. The Labute approximate surface area is 159 Å². The summed E-state index contributed by atoms with van der Waals surface area (Å²) in [5.41, 5.74) is 2.52. The third kappa shape index (κ3) is 3.55. The molecule has 1 aromatic heterocycles. The van der Waals surface area contributed by atoms with Crippen LogP contribution in [0.2, 0.25) is 0 Å². The van der Waals surface area contributed by atoms with E-state index in [1.165, 1.54) is 5.56 Å². The number of carbonyl (C=O) groups excluding carboxylic acids is 1. The number of aromatic nitrogens is 1. The first-order chi connectivity index (χ1) is 13.2. The Bertz CT molecular complexity index is 818. The van der Waals surface area contributed by atoms with Crippen LogP contribution in [0.3, 0.4) is 0 Å². The number of carbonyl (C=O) groups is 1. The number of fused-ring (bicyclic) bond motifs is 1. The molecule has 1 N–H and O–H groups in total. The van der Waals surface area contributed by atoms with E-state index in [2.05, 4.69) is 16.4 Å². The van der Waals surface area contributed by atoms with Crippen LogP contribution < -0.4 is 10.2 Å². The SMILES string of the molecule is COC1(CNc2ncccc2C(=O)N2CCc3ccccc32)CCOCC1. The van der Waals surface area contributed by atoms with Crippen molar-refractivity contribution in [1.29, 1.82) is 0 Å². The molecule has 0 aliphatic carbocycles. The topological polar surface area (TPSA) is 63.7 Å². The summed E-state index contributed by atoms with van der Waals surface area (Å²) < 4.78 is 11.2. The van der Waals surface area contributed by atoms with Crippen LogP contribution in [0, 0.1) is 0 Å². The van der Waals surface area contributed by atoms with Gasteiger partial charge in [-0.25, -0.2) is 4.98 Å². The van der Waals surface area contributed by atoms with E-state index >= 15 is 0 Å². The van der Waals surface area contributed by atoms with Gasteiger partial charge in [-0.3, -0.25) is 4.79 Å². The fourth-order valence-electron chi connectivity index (χ4n) is 3.85. The number of pyridine rings is 1. The number of benzene rings is 1. The highest BCUT2D eigenvalue weighted by atomic mass is 16.5. The third-order valence-electron chi connectivity index (χ3n) is 5.59. The quantitative estimate of drug-likeness (QED) is 0.880. The highest BCUT2D eigenvalue weighted by molar-refractivity contribution is 6.10. The van der Waals surface area contributed by atoms with Gasteiger partial charge in [-0.15, -0.1) is 0 Å². The molecule has 142 valence electrons. The monoisotopic (exact) mass is 367 g/mol. The van der Waals surface area contributed by atoms with Crippen molar-refractivity contribution in [3.8, 4) is 0 Å². The average molecular weight is 367 g/mol. The summed E-state index contributed by atoms with van der Waals surface area (Å²) >= 11 is 0.